The molecule has 50 valence electrons. The Bertz CT molecular complexity index is 136. The Hall–Kier alpha value is -0.533. The normalized spacial score (nSPS) is 11.7. The van der Waals surface area contributed by atoms with Gasteiger partial charge in [0.15, 0.2) is 0 Å². The SMILES string of the molecule is C#[Si]CC(C)C(=O)OC. The van der Waals surface area contributed by atoms with Crippen LogP contribution in [0.15, 0.2) is 0 Å². The molecule has 1 unspecified atom stereocenters. The number of hydrogen-bond donors (Lipinski definition) is 0. The summed E-state index contributed by atoms with van der Waals surface area (Å²) in [5.41, 5.74) is 0. The average molecular weight is 142 g/mol. The lowest BCUT2D eigenvalue weighted by atomic mass is 10.2. The summed E-state index contributed by atoms with van der Waals surface area (Å²) in [4.78, 5) is 10.6. The van der Waals surface area contributed by atoms with Crippen molar-refractivity contribution in [3.05, 3.63) is 0 Å². The van der Waals surface area contributed by atoms with E-state index < -0.39 is 0 Å². The minimum absolute atomic E-state index is 0.0432. The van der Waals surface area contributed by atoms with Crippen molar-refractivity contribution in [2.75, 3.05) is 7.11 Å². The molecular formula is C6H10O2Si. The number of hydrogen-bond acceptors (Lipinski definition) is 2. The molecular weight excluding hydrogens is 132 g/mol. The first-order chi connectivity index (χ1) is 4.22. The van der Waals surface area contributed by atoms with Crippen molar-refractivity contribution in [3.63, 3.8) is 0 Å². The summed E-state index contributed by atoms with van der Waals surface area (Å²) < 4.78 is 4.47. The van der Waals surface area contributed by atoms with Gasteiger partial charge in [0.1, 0.15) is 0 Å². The first kappa shape index (κ1) is 8.47. The number of carbonyl (C=O) groups is 1. The molecule has 3 heteroatoms. The van der Waals surface area contributed by atoms with Gasteiger partial charge in [0.25, 0.3) is 0 Å². The summed E-state index contributed by atoms with van der Waals surface area (Å²) in [6, 6.07) is 5.97. The second-order valence-corrected chi connectivity index (χ2v) is 2.65. The zero-order chi connectivity index (χ0) is 7.28. The molecule has 1 atom stereocenters. The van der Waals surface area contributed by atoms with Gasteiger partial charge in [0, 0.05) is 0 Å². The molecule has 0 aromatic rings. The maximum atomic E-state index is 10.6. The van der Waals surface area contributed by atoms with E-state index in [4.69, 9.17) is 6.00 Å². The zero-order valence-corrected chi connectivity index (χ0v) is 6.68. The Balaban J connectivity index is 3.62. The molecule has 0 bridgehead atoms. The van der Waals surface area contributed by atoms with Gasteiger partial charge in [-0.25, -0.2) is 0 Å². The molecule has 0 amide bonds. The molecule has 0 N–H and O–H groups in total. The Labute approximate surface area is 57.3 Å². The second kappa shape index (κ2) is 4.36. The average Bonchev–Trinajstić information content (AvgIpc) is 1.87. The minimum Gasteiger partial charge on any atom is -0.469 e. The molecule has 0 radical (unpaired) electrons. The highest BCUT2D eigenvalue weighted by atomic mass is 28.2. The largest absolute Gasteiger partial charge is 0.469 e. The summed E-state index contributed by atoms with van der Waals surface area (Å²) in [6.45, 7) is 1.81. The van der Waals surface area contributed by atoms with Gasteiger partial charge >= 0.3 is 5.97 Å². The van der Waals surface area contributed by atoms with Crippen molar-refractivity contribution in [3.8, 4) is 6.00 Å². The number of methoxy groups -OCH3 is 1. The molecule has 0 heterocycles. The number of ether oxygens (including phenoxy) is 1. The Morgan fingerprint density at radius 2 is 2.44 bits per heavy atom. The van der Waals surface area contributed by atoms with E-state index in [1.54, 1.807) is 0 Å². The van der Waals surface area contributed by atoms with Crippen LogP contribution in [0.1, 0.15) is 6.92 Å². The van der Waals surface area contributed by atoms with Gasteiger partial charge in [-0.05, 0) is 15.0 Å². The lowest BCUT2D eigenvalue weighted by molar-refractivity contribution is -0.144. The molecule has 0 aliphatic rings. The summed E-state index contributed by atoms with van der Waals surface area (Å²) in [7, 11) is 1.72. The summed E-state index contributed by atoms with van der Waals surface area (Å²) in [5.74, 6) is -0.216. The van der Waals surface area contributed by atoms with Gasteiger partial charge < -0.3 is 4.74 Å². The second-order valence-electron chi connectivity index (χ2n) is 1.83. The maximum Gasteiger partial charge on any atom is 0.308 e. The van der Waals surface area contributed by atoms with Crippen LogP contribution < -0.4 is 0 Å². The maximum absolute atomic E-state index is 10.6. The van der Waals surface area contributed by atoms with Gasteiger partial charge in [0.05, 0.1) is 13.0 Å². The summed E-state index contributed by atoms with van der Waals surface area (Å²) in [5, 5.41) is 0. The van der Waals surface area contributed by atoms with Crippen molar-refractivity contribution in [2.45, 2.75) is 13.0 Å². The molecule has 0 saturated carbocycles. The van der Waals surface area contributed by atoms with E-state index in [9.17, 15) is 4.79 Å². The van der Waals surface area contributed by atoms with Crippen LogP contribution in [0.3, 0.4) is 0 Å². The van der Waals surface area contributed by atoms with E-state index in [1.807, 2.05) is 6.92 Å². The third kappa shape index (κ3) is 3.11. The van der Waals surface area contributed by atoms with Crippen LogP contribution >= 0.6 is 0 Å². The molecule has 0 aromatic carbocycles. The first-order valence-electron chi connectivity index (χ1n) is 2.73. The minimum atomic E-state index is -0.173. The van der Waals surface area contributed by atoms with Gasteiger partial charge in [-0.15, -0.1) is 0 Å². The first-order valence-corrected chi connectivity index (χ1v) is 4.02. The van der Waals surface area contributed by atoms with Crippen LogP contribution in [0.5, 0.6) is 0 Å². The Morgan fingerprint density at radius 1 is 1.89 bits per heavy atom. The number of rotatable bonds is 2. The monoisotopic (exact) mass is 142 g/mol. The highest BCUT2D eigenvalue weighted by Crippen LogP contribution is 2.00. The smallest absolute Gasteiger partial charge is 0.308 e. The molecule has 2 nitrogen and oxygen atoms in total. The predicted octanol–water partition coefficient (Wildman–Crippen LogP) is 0.507. The number of carbonyl (C=O) groups excluding carboxylic acids is 1. The van der Waals surface area contributed by atoms with Gasteiger partial charge in [0.2, 0.25) is 0 Å². The van der Waals surface area contributed by atoms with E-state index in [0.29, 0.717) is 8.96 Å². The van der Waals surface area contributed by atoms with Crippen LogP contribution in [-0.4, -0.2) is 22.0 Å². The topological polar surface area (TPSA) is 26.3 Å². The van der Waals surface area contributed by atoms with Gasteiger partial charge in [-0.2, -0.15) is 6.00 Å². The fourth-order valence-corrected chi connectivity index (χ4v) is 0.982. The highest BCUT2D eigenvalue weighted by Gasteiger charge is 2.09. The standard InChI is InChI=1S/C6H10O2Si/c1-5(4-9-3)6(7)8-2/h3,5H,4H2,1-2H3. The highest BCUT2D eigenvalue weighted by molar-refractivity contribution is 6.22. The molecule has 9 heavy (non-hydrogen) atoms. The number of esters is 1. The van der Waals surface area contributed by atoms with Crippen LogP contribution in [0.2, 0.25) is 6.04 Å². The molecule has 0 aliphatic heterocycles. The van der Waals surface area contributed by atoms with Crippen molar-refractivity contribution < 1.29 is 9.53 Å². The van der Waals surface area contributed by atoms with E-state index in [-0.39, 0.29) is 11.9 Å². The summed E-state index contributed by atoms with van der Waals surface area (Å²) >= 11 is 0. The van der Waals surface area contributed by atoms with E-state index in [1.165, 1.54) is 7.11 Å². The zero-order valence-electron chi connectivity index (χ0n) is 5.68. The van der Waals surface area contributed by atoms with Crippen LogP contribution in [-0.2, 0) is 9.53 Å². The lowest BCUT2D eigenvalue weighted by Gasteiger charge is -2.02. The van der Waals surface area contributed by atoms with Crippen molar-refractivity contribution in [1.29, 1.82) is 0 Å². The third-order valence-corrected chi connectivity index (χ3v) is 1.88. The van der Waals surface area contributed by atoms with Crippen LogP contribution in [0.25, 0.3) is 0 Å². The molecule has 0 aromatic heterocycles. The third-order valence-electron chi connectivity index (χ3n) is 1.03. The molecule has 0 aliphatic carbocycles. The molecule has 0 spiro atoms. The van der Waals surface area contributed by atoms with E-state index >= 15 is 0 Å². The fourth-order valence-electron chi connectivity index (χ4n) is 0.461. The van der Waals surface area contributed by atoms with Gasteiger partial charge in [-0.1, -0.05) is 6.92 Å². The predicted molar refractivity (Wildman–Crippen MR) is 36.7 cm³/mol. The Morgan fingerprint density at radius 3 is 2.78 bits per heavy atom. The van der Waals surface area contributed by atoms with E-state index in [0.717, 1.165) is 6.04 Å². The molecule has 0 fully saturated rings. The van der Waals surface area contributed by atoms with Gasteiger partial charge in [-0.3, -0.25) is 4.79 Å². The van der Waals surface area contributed by atoms with Crippen molar-refractivity contribution in [1.82, 2.24) is 0 Å². The molecule has 0 saturated heterocycles. The quantitative estimate of drug-likeness (QED) is 0.415. The fraction of sp³-hybridized carbons (Fsp3) is 0.667. The van der Waals surface area contributed by atoms with Crippen LogP contribution in [0.4, 0.5) is 0 Å². The van der Waals surface area contributed by atoms with Crippen molar-refractivity contribution >= 4 is 14.9 Å². The van der Waals surface area contributed by atoms with Crippen molar-refractivity contribution in [2.24, 2.45) is 5.92 Å². The summed E-state index contributed by atoms with van der Waals surface area (Å²) in [6.07, 6.45) is 0. The van der Waals surface area contributed by atoms with Crippen LogP contribution in [0, 0.1) is 11.9 Å². The molecule has 0 rings (SSSR count). The lowest BCUT2D eigenvalue weighted by Crippen LogP contribution is -2.11. The van der Waals surface area contributed by atoms with E-state index in [2.05, 4.69) is 4.74 Å². The Kier molecular flexibility index (Phi) is 4.10.